The summed E-state index contributed by atoms with van der Waals surface area (Å²) in [4.78, 5) is 8.52. The summed E-state index contributed by atoms with van der Waals surface area (Å²) >= 11 is 1.85. The molecule has 1 N–H and O–H groups in total. The minimum Gasteiger partial charge on any atom is -0.345 e. The van der Waals surface area contributed by atoms with Gasteiger partial charge in [-0.2, -0.15) is 0 Å². The van der Waals surface area contributed by atoms with Crippen LogP contribution < -0.4 is 10.2 Å². The second kappa shape index (κ2) is 6.90. The van der Waals surface area contributed by atoms with Gasteiger partial charge in [0.1, 0.15) is 0 Å². The Morgan fingerprint density at radius 2 is 2.00 bits per heavy atom. The second-order valence-electron chi connectivity index (χ2n) is 6.79. The Hall–Kier alpha value is -0.610. The fourth-order valence-corrected chi connectivity index (χ4v) is 3.79. The van der Waals surface area contributed by atoms with Gasteiger partial charge >= 0.3 is 0 Å². The molecule has 4 heteroatoms. The predicted molar refractivity (Wildman–Crippen MR) is 88.6 cm³/mol. The van der Waals surface area contributed by atoms with Crippen LogP contribution in [0.4, 0.5) is 5.13 Å². The number of rotatable bonds is 5. The number of thiazole rings is 1. The molecule has 0 atom stereocenters. The van der Waals surface area contributed by atoms with Gasteiger partial charge in [0.15, 0.2) is 5.13 Å². The molecule has 114 valence electrons. The van der Waals surface area contributed by atoms with E-state index in [1.807, 2.05) is 17.5 Å². The van der Waals surface area contributed by atoms with Crippen LogP contribution >= 0.6 is 11.3 Å². The van der Waals surface area contributed by atoms with E-state index in [-0.39, 0.29) is 5.54 Å². The third kappa shape index (κ3) is 4.45. The zero-order valence-electron chi connectivity index (χ0n) is 13.4. The lowest BCUT2D eigenvalue weighted by molar-refractivity contribution is 0.418. The Kier molecular flexibility index (Phi) is 5.44. The maximum atomic E-state index is 4.67. The second-order valence-corrected chi connectivity index (χ2v) is 7.88. The molecule has 0 radical (unpaired) electrons. The fourth-order valence-electron chi connectivity index (χ4n) is 2.81. The smallest absolute Gasteiger partial charge is 0.185 e. The van der Waals surface area contributed by atoms with Gasteiger partial charge in [-0.25, -0.2) is 4.98 Å². The molecule has 3 nitrogen and oxygen atoms in total. The molecule has 0 bridgehead atoms. The monoisotopic (exact) mass is 295 g/mol. The van der Waals surface area contributed by atoms with Crippen LogP contribution in [0.3, 0.4) is 0 Å². The van der Waals surface area contributed by atoms with Crippen molar-refractivity contribution in [2.75, 3.05) is 11.4 Å². The van der Waals surface area contributed by atoms with E-state index >= 15 is 0 Å². The van der Waals surface area contributed by atoms with Crippen molar-refractivity contribution in [3.63, 3.8) is 0 Å². The van der Waals surface area contributed by atoms with Crippen molar-refractivity contribution in [3.8, 4) is 0 Å². The van der Waals surface area contributed by atoms with Crippen LogP contribution in [-0.4, -0.2) is 23.1 Å². The van der Waals surface area contributed by atoms with Gasteiger partial charge in [-0.1, -0.05) is 19.3 Å². The molecule has 1 saturated carbocycles. The first-order valence-electron chi connectivity index (χ1n) is 7.96. The molecule has 1 aliphatic carbocycles. The Labute approximate surface area is 127 Å². The summed E-state index contributed by atoms with van der Waals surface area (Å²) < 4.78 is 0. The van der Waals surface area contributed by atoms with Gasteiger partial charge in [-0.15, -0.1) is 11.3 Å². The van der Waals surface area contributed by atoms with Crippen molar-refractivity contribution in [2.24, 2.45) is 0 Å². The van der Waals surface area contributed by atoms with E-state index in [1.54, 1.807) is 0 Å². The molecule has 1 aromatic heterocycles. The van der Waals surface area contributed by atoms with Crippen LogP contribution in [-0.2, 0) is 6.54 Å². The average molecular weight is 295 g/mol. The van der Waals surface area contributed by atoms with E-state index in [0.717, 1.165) is 13.1 Å². The first kappa shape index (κ1) is 15.8. The zero-order chi connectivity index (χ0) is 14.6. The highest BCUT2D eigenvalue weighted by atomic mass is 32.1. The first-order chi connectivity index (χ1) is 9.49. The number of hydrogen-bond donors (Lipinski definition) is 1. The molecule has 20 heavy (non-hydrogen) atoms. The summed E-state index contributed by atoms with van der Waals surface area (Å²) in [6.45, 7) is 10.9. The highest BCUT2D eigenvalue weighted by molar-refractivity contribution is 7.15. The van der Waals surface area contributed by atoms with E-state index in [1.165, 1.54) is 42.1 Å². The maximum Gasteiger partial charge on any atom is 0.185 e. The predicted octanol–water partition coefficient (Wildman–Crippen LogP) is 4.19. The molecule has 0 aromatic carbocycles. The highest BCUT2D eigenvalue weighted by Gasteiger charge is 2.22. The summed E-state index contributed by atoms with van der Waals surface area (Å²) in [6.07, 6.45) is 8.89. The van der Waals surface area contributed by atoms with Gasteiger partial charge in [-0.3, -0.25) is 0 Å². The Balaban J connectivity index is 1.98. The van der Waals surface area contributed by atoms with Gasteiger partial charge in [0.05, 0.1) is 0 Å². The quantitative estimate of drug-likeness (QED) is 0.883. The van der Waals surface area contributed by atoms with Crippen LogP contribution in [0.5, 0.6) is 0 Å². The molecule has 2 rings (SSSR count). The molecular formula is C16H29N3S. The molecule has 0 saturated heterocycles. The molecule has 0 aliphatic heterocycles. The zero-order valence-corrected chi connectivity index (χ0v) is 14.2. The summed E-state index contributed by atoms with van der Waals surface area (Å²) in [5.41, 5.74) is 0.165. The minimum atomic E-state index is 0.165. The van der Waals surface area contributed by atoms with Crippen molar-refractivity contribution in [2.45, 2.75) is 77.9 Å². The first-order valence-corrected chi connectivity index (χ1v) is 8.77. The van der Waals surface area contributed by atoms with Gasteiger partial charge in [0.2, 0.25) is 0 Å². The third-order valence-electron chi connectivity index (χ3n) is 3.94. The summed E-state index contributed by atoms with van der Waals surface area (Å²) in [5, 5.41) is 4.75. The SMILES string of the molecule is CCN(c1ncc(CNC(C)(C)C)s1)C1CCCCC1. The normalized spacial score (nSPS) is 17.4. The van der Waals surface area contributed by atoms with Crippen LogP contribution in [0.1, 0.15) is 64.7 Å². The molecule has 0 unspecified atom stereocenters. The van der Waals surface area contributed by atoms with Crippen molar-refractivity contribution in [1.29, 1.82) is 0 Å². The molecule has 0 amide bonds. The summed E-state index contributed by atoms with van der Waals surface area (Å²) in [5.74, 6) is 0. The minimum absolute atomic E-state index is 0.165. The van der Waals surface area contributed by atoms with Crippen molar-refractivity contribution in [1.82, 2.24) is 10.3 Å². The van der Waals surface area contributed by atoms with E-state index < -0.39 is 0 Å². The summed E-state index contributed by atoms with van der Waals surface area (Å²) in [7, 11) is 0. The lowest BCUT2D eigenvalue weighted by Gasteiger charge is -2.33. The van der Waals surface area contributed by atoms with Crippen molar-refractivity contribution < 1.29 is 0 Å². The largest absolute Gasteiger partial charge is 0.345 e. The molecule has 0 spiro atoms. The average Bonchev–Trinajstić information content (AvgIpc) is 2.87. The van der Waals surface area contributed by atoms with Gasteiger partial charge in [0.25, 0.3) is 0 Å². The molecule has 1 aromatic rings. The highest BCUT2D eigenvalue weighted by Crippen LogP contribution is 2.30. The Morgan fingerprint density at radius 1 is 1.30 bits per heavy atom. The lowest BCUT2D eigenvalue weighted by Crippen LogP contribution is -2.36. The molecule has 1 heterocycles. The van der Waals surface area contributed by atoms with E-state index in [4.69, 9.17) is 0 Å². The van der Waals surface area contributed by atoms with Gasteiger partial charge in [0, 0.05) is 35.7 Å². The van der Waals surface area contributed by atoms with Crippen LogP contribution in [0.25, 0.3) is 0 Å². The molecule has 1 aliphatic rings. The third-order valence-corrected chi connectivity index (χ3v) is 4.97. The topological polar surface area (TPSA) is 28.2 Å². The van der Waals surface area contributed by atoms with E-state index in [9.17, 15) is 0 Å². The lowest BCUT2D eigenvalue weighted by atomic mass is 9.94. The summed E-state index contributed by atoms with van der Waals surface area (Å²) in [6, 6.07) is 0.711. The maximum absolute atomic E-state index is 4.67. The number of nitrogens with one attached hydrogen (secondary N) is 1. The molecule has 1 fully saturated rings. The van der Waals surface area contributed by atoms with Crippen molar-refractivity contribution >= 4 is 16.5 Å². The van der Waals surface area contributed by atoms with E-state index in [0.29, 0.717) is 6.04 Å². The van der Waals surface area contributed by atoms with Crippen LogP contribution in [0, 0.1) is 0 Å². The fraction of sp³-hybridized carbons (Fsp3) is 0.812. The molecular weight excluding hydrogens is 266 g/mol. The van der Waals surface area contributed by atoms with Gasteiger partial charge < -0.3 is 10.2 Å². The number of anilines is 1. The Morgan fingerprint density at radius 3 is 2.60 bits per heavy atom. The van der Waals surface area contributed by atoms with Gasteiger partial charge in [-0.05, 0) is 40.5 Å². The van der Waals surface area contributed by atoms with Crippen LogP contribution in [0.2, 0.25) is 0 Å². The van der Waals surface area contributed by atoms with Crippen LogP contribution in [0.15, 0.2) is 6.20 Å². The Bertz CT molecular complexity index is 402. The van der Waals surface area contributed by atoms with Crippen molar-refractivity contribution in [3.05, 3.63) is 11.1 Å². The number of aromatic nitrogens is 1. The van der Waals surface area contributed by atoms with E-state index in [2.05, 4.69) is 42.9 Å². The standard InChI is InChI=1S/C16H29N3S/c1-5-19(13-9-7-6-8-10-13)15-17-11-14(20-15)12-18-16(2,3)4/h11,13,18H,5-10,12H2,1-4H3. The number of nitrogens with zero attached hydrogens (tertiary/aromatic N) is 2. The number of hydrogen-bond acceptors (Lipinski definition) is 4.